The van der Waals surface area contributed by atoms with Crippen molar-refractivity contribution in [1.82, 2.24) is 4.31 Å². The van der Waals surface area contributed by atoms with Gasteiger partial charge >= 0.3 is 0 Å². The molecule has 0 radical (unpaired) electrons. The summed E-state index contributed by atoms with van der Waals surface area (Å²) >= 11 is 6.17. The van der Waals surface area contributed by atoms with Gasteiger partial charge in [0.15, 0.2) is 11.5 Å². The topological polar surface area (TPSA) is 84.9 Å². The average molecular weight is 411 g/mol. The SMILES string of the molecule is Cc1ccc(NC(=O)c2cc(Cl)c3c(c2)OCCO3)cc1S(=O)(=O)N(C)C. The van der Waals surface area contributed by atoms with E-state index in [0.717, 1.165) is 4.31 Å². The molecule has 144 valence electrons. The van der Waals surface area contributed by atoms with Crippen LogP contribution in [0.3, 0.4) is 0 Å². The number of fused-ring (bicyclic) bond motifs is 1. The molecule has 0 aromatic heterocycles. The molecule has 0 saturated heterocycles. The quantitative estimate of drug-likeness (QED) is 0.837. The highest BCUT2D eigenvalue weighted by Gasteiger charge is 2.22. The summed E-state index contributed by atoms with van der Waals surface area (Å²) in [6.07, 6.45) is 0. The molecular weight excluding hydrogens is 392 g/mol. The van der Waals surface area contributed by atoms with E-state index in [2.05, 4.69) is 5.32 Å². The molecule has 2 aromatic rings. The van der Waals surface area contributed by atoms with Crippen LogP contribution in [0.5, 0.6) is 11.5 Å². The summed E-state index contributed by atoms with van der Waals surface area (Å²) in [5.41, 5.74) is 1.22. The number of nitrogens with one attached hydrogen (secondary N) is 1. The van der Waals surface area contributed by atoms with Crippen LogP contribution in [-0.4, -0.2) is 45.9 Å². The van der Waals surface area contributed by atoms with Gasteiger partial charge in [0.1, 0.15) is 13.2 Å². The van der Waals surface area contributed by atoms with Gasteiger partial charge in [-0.2, -0.15) is 0 Å². The highest BCUT2D eigenvalue weighted by atomic mass is 35.5. The highest BCUT2D eigenvalue weighted by Crippen LogP contribution is 2.38. The molecule has 27 heavy (non-hydrogen) atoms. The first-order valence-corrected chi connectivity index (χ1v) is 9.95. The molecule has 9 heteroatoms. The lowest BCUT2D eigenvalue weighted by Gasteiger charge is -2.20. The fourth-order valence-electron chi connectivity index (χ4n) is 2.60. The number of nitrogens with zero attached hydrogens (tertiary/aromatic N) is 1. The summed E-state index contributed by atoms with van der Waals surface area (Å²) in [6.45, 7) is 2.46. The minimum Gasteiger partial charge on any atom is -0.486 e. The van der Waals surface area contributed by atoms with Gasteiger partial charge in [-0.1, -0.05) is 17.7 Å². The largest absolute Gasteiger partial charge is 0.486 e. The number of amides is 1. The van der Waals surface area contributed by atoms with Gasteiger partial charge in [0.25, 0.3) is 5.91 Å². The number of halogens is 1. The fourth-order valence-corrected chi connectivity index (χ4v) is 4.01. The Morgan fingerprint density at radius 2 is 1.85 bits per heavy atom. The number of hydrogen-bond acceptors (Lipinski definition) is 5. The second kappa shape index (κ2) is 7.38. The van der Waals surface area contributed by atoms with Gasteiger partial charge in [-0.25, -0.2) is 12.7 Å². The van der Waals surface area contributed by atoms with Gasteiger partial charge in [-0.3, -0.25) is 4.79 Å². The molecule has 3 rings (SSSR count). The predicted molar refractivity (Wildman–Crippen MR) is 102 cm³/mol. The van der Waals surface area contributed by atoms with E-state index in [1.165, 1.54) is 26.2 Å². The minimum atomic E-state index is -3.62. The van der Waals surface area contributed by atoms with Crippen molar-refractivity contribution in [2.45, 2.75) is 11.8 Å². The van der Waals surface area contributed by atoms with E-state index in [9.17, 15) is 13.2 Å². The number of carbonyl (C=O) groups is 1. The van der Waals surface area contributed by atoms with Crippen LogP contribution in [0.15, 0.2) is 35.2 Å². The Balaban J connectivity index is 1.90. The van der Waals surface area contributed by atoms with Crippen molar-refractivity contribution in [3.8, 4) is 11.5 Å². The van der Waals surface area contributed by atoms with Gasteiger partial charge in [0.2, 0.25) is 10.0 Å². The molecule has 0 saturated carbocycles. The van der Waals surface area contributed by atoms with Crippen LogP contribution in [-0.2, 0) is 10.0 Å². The smallest absolute Gasteiger partial charge is 0.255 e. The Hall–Kier alpha value is -2.29. The summed E-state index contributed by atoms with van der Waals surface area (Å²) in [4.78, 5) is 12.7. The highest BCUT2D eigenvalue weighted by molar-refractivity contribution is 7.89. The monoisotopic (exact) mass is 410 g/mol. The van der Waals surface area contributed by atoms with Crippen molar-refractivity contribution in [2.24, 2.45) is 0 Å². The summed E-state index contributed by atoms with van der Waals surface area (Å²) in [5.74, 6) is 0.374. The summed E-state index contributed by atoms with van der Waals surface area (Å²) in [6, 6.07) is 7.74. The molecule has 7 nitrogen and oxygen atoms in total. The lowest BCUT2D eigenvalue weighted by Crippen LogP contribution is -2.23. The number of anilines is 1. The normalized spacial score (nSPS) is 13.5. The number of hydrogen-bond donors (Lipinski definition) is 1. The van der Waals surface area contributed by atoms with E-state index in [1.54, 1.807) is 25.1 Å². The molecule has 1 aliphatic heterocycles. The van der Waals surface area contributed by atoms with Crippen molar-refractivity contribution < 1.29 is 22.7 Å². The molecule has 0 aliphatic carbocycles. The van der Waals surface area contributed by atoms with Crippen molar-refractivity contribution in [2.75, 3.05) is 32.6 Å². The van der Waals surface area contributed by atoms with Gasteiger partial charge in [-0.05, 0) is 36.8 Å². The van der Waals surface area contributed by atoms with Gasteiger partial charge in [0, 0.05) is 25.3 Å². The third kappa shape index (κ3) is 3.87. The Kier molecular flexibility index (Phi) is 5.32. The number of sulfonamides is 1. The molecule has 1 N–H and O–H groups in total. The van der Waals surface area contributed by atoms with Crippen molar-refractivity contribution >= 4 is 33.2 Å². The maximum absolute atomic E-state index is 12.6. The van der Waals surface area contributed by atoms with Gasteiger partial charge in [0.05, 0.1) is 9.92 Å². The minimum absolute atomic E-state index is 0.130. The van der Waals surface area contributed by atoms with E-state index < -0.39 is 15.9 Å². The molecular formula is C18H19ClN2O5S. The van der Waals surface area contributed by atoms with Crippen molar-refractivity contribution in [3.05, 3.63) is 46.5 Å². The van der Waals surface area contributed by atoms with Crippen LogP contribution in [0.2, 0.25) is 5.02 Å². The van der Waals surface area contributed by atoms with E-state index in [4.69, 9.17) is 21.1 Å². The summed E-state index contributed by atoms with van der Waals surface area (Å²) in [7, 11) is -0.714. The zero-order chi connectivity index (χ0) is 19.8. The third-order valence-corrected chi connectivity index (χ3v) is 6.30. The molecule has 0 spiro atoms. The van der Waals surface area contributed by atoms with Crippen LogP contribution < -0.4 is 14.8 Å². The number of benzene rings is 2. The first kappa shape index (κ1) is 19.5. The second-order valence-corrected chi connectivity index (χ2v) is 8.73. The van der Waals surface area contributed by atoms with Crippen LogP contribution in [0.4, 0.5) is 5.69 Å². The maximum atomic E-state index is 12.6. The molecule has 1 heterocycles. The van der Waals surface area contributed by atoms with E-state index >= 15 is 0 Å². The number of carbonyl (C=O) groups excluding carboxylic acids is 1. The molecule has 0 atom stereocenters. The number of aryl methyl sites for hydroxylation is 1. The van der Waals surface area contributed by atoms with E-state index in [1.807, 2.05) is 0 Å². The Bertz CT molecular complexity index is 1010. The lowest BCUT2D eigenvalue weighted by atomic mass is 10.1. The molecule has 0 unspecified atom stereocenters. The first-order chi connectivity index (χ1) is 12.7. The Morgan fingerprint density at radius 1 is 1.15 bits per heavy atom. The van der Waals surface area contributed by atoms with Crippen molar-refractivity contribution in [1.29, 1.82) is 0 Å². The third-order valence-electron chi connectivity index (χ3n) is 4.06. The van der Waals surface area contributed by atoms with Gasteiger partial charge in [-0.15, -0.1) is 0 Å². The molecule has 0 bridgehead atoms. The lowest BCUT2D eigenvalue weighted by molar-refractivity contribution is 0.102. The summed E-state index contributed by atoms with van der Waals surface area (Å²) in [5, 5.41) is 2.97. The van der Waals surface area contributed by atoms with Gasteiger partial charge < -0.3 is 14.8 Å². The summed E-state index contributed by atoms with van der Waals surface area (Å²) < 4.78 is 36.9. The van der Waals surface area contributed by atoms with Crippen molar-refractivity contribution in [3.63, 3.8) is 0 Å². The zero-order valence-corrected chi connectivity index (χ0v) is 16.6. The fraction of sp³-hybridized carbons (Fsp3) is 0.278. The average Bonchev–Trinajstić information content (AvgIpc) is 2.63. The maximum Gasteiger partial charge on any atom is 0.255 e. The van der Waals surface area contributed by atoms with Crippen LogP contribution in [0.25, 0.3) is 0 Å². The standard InChI is InChI=1S/C18H19ClN2O5S/c1-11-4-5-13(10-16(11)27(23,24)21(2)3)20-18(22)12-8-14(19)17-15(9-12)25-6-7-26-17/h4-5,8-10H,6-7H2,1-3H3,(H,20,22). The molecule has 1 amide bonds. The second-order valence-electron chi connectivity index (χ2n) is 6.20. The van der Waals surface area contributed by atoms with E-state index in [-0.39, 0.29) is 15.5 Å². The predicted octanol–water partition coefficient (Wildman–Crippen LogP) is 2.92. The van der Waals surface area contributed by atoms with Crippen LogP contribution >= 0.6 is 11.6 Å². The van der Waals surface area contributed by atoms with E-state index in [0.29, 0.717) is 36.0 Å². The zero-order valence-electron chi connectivity index (χ0n) is 15.1. The number of rotatable bonds is 4. The molecule has 0 fully saturated rings. The Morgan fingerprint density at radius 3 is 2.56 bits per heavy atom. The molecule has 2 aromatic carbocycles. The molecule has 1 aliphatic rings. The first-order valence-electron chi connectivity index (χ1n) is 8.14. The van der Waals surface area contributed by atoms with Crippen LogP contribution in [0, 0.1) is 6.92 Å². The Labute approximate surface area is 162 Å². The van der Waals surface area contributed by atoms with Crippen LogP contribution in [0.1, 0.15) is 15.9 Å². The number of ether oxygens (including phenoxy) is 2.